The summed E-state index contributed by atoms with van der Waals surface area (Å²) in [5.74, 6) is -1.30. The second-order valence-electron chi connectivity index (χ2n) is 13.2. The fourth-order valence-electron chi connectivity index (χ4n) is 6.11. The highest BCUT2D eigenvalue weighted by atomic mass is 16.5. The average Bonchev–Trinajstić information content (AvgIpc) is 3.45. The summed E-state index contributed by atoms with van der Waals surface area (Å²) < 4.78 is 6.33. The number of phenolic OH excluding ortho intramolecular Hbond substituents is 1. The number of amides is 4. The first kappa shape index (κ1) is 35.5. The molecule has 2 aromatic carbocycles. The van der Waals surface area contributed by atoms with E-state index in [1.54, 1.807) is 18.2 Å². The third-order valence-corrected chi connectivity index (χ3v) is 8.98. The van der Waals surface area contributed by atoms with Crippen LogP contribution in [0.2, 0.25) is 0 Å². The summed E-state index contributed by atoms with van der Waals surface area (Å²) in [5.41, 5.74) is 1.43. The minimum atomic E-state index is -1.06. The van der Waals surface area contributed by atoms with Crippen LogP contribution >= 0.6 is 0 Å². The number of phenols is 1. The zero-order valence-corrected chi connectivity index (χ0v) is 28.2. The van der Waals surface area contributed by atoms with Crippen molar-refractivity contribution in [1.82, 2.24) is 25.8 Å². The second-order valence-corrected chi connectivity index (χ2v) is 13.2. The molecule has 0 aromatic heterocycles. The van der Waals surface area contributed by atoms with Gasteiger partial charge in [-0.2, -0.15) is 0 Å². The molecule has 6 atom stereocenters. The van der Waals surface area contributed by atoms with E-state index in [9.17, 15) is 24.3 Å². The number of likely N-dealkylation sites (N-methyl/N-ethyl adjacent to an activating group) is 1. The van der Waals surface area contributed by atoms with Crippen LogP contribution in [0.5, 0.6) is 11.5 Å². The Kier molecular flexibility index (Phi) is 12.0. The normalized spacial score (nSPS) is 21.7. The summed E-state index contributed by atoms with van der Waals surface area (Å²) in [6.45, 7) is 7.98. The molecule has 0 aliphatic carbocycles. The van der Waals surface area contributed by atoms with E-state index in [1.807, 2.05) is 77.0 Å². The second kappa shape index (κ2) is 15.9. The maximum absolute atomic E-state index is 14.4. The number of nitrogens with one attached hydrogen (secondary N) is 3. The van der Waals surface area contributed by atoms with Crippen LogP contribution in [-0.4, -0.2) is 89.4 Å². The van der Waals surface area contributed by atoms with Crippen LogP contribution in [-0.2, 0) is 25.6 Å². The van der Waals surface area contributed by atoms with Crippen molar-refractivity contribution >= 4 is 29.7 Å². The zero-order valence-electron chi connectivity index (χ0n) is 28.2. The molecule has 0 spiro atoms. The Balaban J connectivity index is 1.66. The SMILES string of the molecule is CCC(C)C1NC(=O)C2C(CCN2C(=O)C(CC(C)C)NC(=O)C(Cc2ccccc2)N(C)C)Oc2ccc(O)c(c2)C=CNC1=O. The predicted molar refractivity (Wildman–Crippen MR) is 180 cm³/mol. The highest BCUT2D eigenvalue weighted by molar-refractivity contribution is 5.96. The molecule has 4 amide bonds. The van der Waals surface area contributed by atoms with Crippen molar-refractivity contribution in [1.29, 1.82) is 0 Å². The van der Waals surface area contributed by atoms with Crippen LogP contribution in [0.4, 0.5) is 0 Å². The van der Waals surface area contributed by atoms with Crippen LogP contribution in [0.1, 0.15) is 58.1 Å². The van der Waals surface area contributed by atoms with Crippen LogP contribution < -0.4 is 20.7 Å². The first-order valence-corrected chi connectivity index (χ1v) is 16.5. The standard InChI is InChI=1S/C36H49N5O6/c1-7-23(4)31-34(44)37-17-15-25-21-26(13-14-29(25)42)47-30-16-18-41(32(30)35(45)39-31)36(46)27(19-22(2)3)38-33(43)28(40(5)6)20-24-11-9-8-10-12-24/h8-15,17,21-23,27-28,30-32,42H,7,16,18-20H2,1-6H3,(H,37,44)(H,38,43)(H,39,45). The molecule has 1 fully saturated rings. The van der Waals surface area contributed by atoms with E-state index < -0.39 is 42.1 Å². The lowest BCUT2D eigenvalue weighted by atomic mass is 9.97. The molecule has 47 heavy (non-hydrogen) atoms. The van der Waals surface area contributed by atoms with Crippen molar-refractivity contribution in [2.45, 2.75) is 83.6 Å². The monoisotopic (exact) mass is 647 g/mol. The Morgan fingerprint density at radius 3 is 2.47 bits per heavy atom. The molecule has 2 aromatic rings. The van der Waals surface area contributed by atoms with Gasteiger partial charge in [-0.3, -0.25) is 24.1 Å². The number of rotatable bonds is 10. The molecule has 4 rings (SSSR count). The van der Waals surface area contributed by atoms with Crippen molar-refractivity contribution in [2.24, 2.45) is 11.8 Å². The van der Waals surface area contributed by atoms with Crippen molar-refractivity contribution in [3.8, 4) is 11.5 Å². The first-order valence-electron chi connectivity index (χ1n) is 16.5. The lowest BCUT2D eigenvalue weighted by molar-refractivity contribution is -0.144. The van der Waals surface area contributed by atoms with E-state index in [2.05, 4.69) is 16.0 Å². The molecule has 0 saturated carbocycles. The topological polar surface area (TPSA) is 140 Å². The minimum absolute atomic E-state index is 0.000682. The summed E-state index contributed by atoms with van der Waals surface area (Å²) in [7, 11) is 3.67. The van der Waals surface area contributed by atoms with Crippen LogP contribution in [0.15, 0.2) is 54.7 Å². The van der Waals surface area contributed by atoms with Gasteiger partial charge in [0, 0.05) is 24.7 Å². The zero-order chi connectivity index (χ0) is 34.2. The number of hydrogen-bond donors (Lipinski definition) is 4. The van der Waals surface area contributed by atoms with E-state index >= 15 is 0 Å². The van der Waals surface area contributed by atoms with Gasteiger partial charge in [-0.05, 0) is 68.6 Å². The number of benzene rings is 2. The smallest absolute Gasteiger partial charge is 0.247 e. The van der Waals surface area contributed by atoms with E-state index in [1.165, 1.54) is 17.2 Å². The first-order chi connectivity index (χ1) is 22.4. The van der Waals surface area contributed by atoms with Crippen LogP contribution in [0.3, 0.4) is 0 Å². The van der Waals surface area contributed by atoms with E-state index in [0.717, 1.165) is 5.56 Å². The van der Waals surface area contributed by atoms with Crippen molar-refractivity contribution in [3.63, 3.8) is 0 Å². The predicted octanol–water partition coefficient (Wildman–Crippen LogP) is 3.08. The Bertz CT molecular complexity index is 1440. The number of carbonyl (C=O) groups is 4. The largest absolute Gasteiger partial charge is 0.507 e. The molecule has 2 heterocycles. The maximum atomic E-state index is 14.4. The lowest BCUT2D eigenvalue weighted by Gasteiger charge is -2.33. The van der Waals surface area contributed by atoms with Gasteiger partial charge in [0.1, 0.15) is 35.7 Å². The van der Waals surface area contributed by atoms with E-state index in [0.29, 0.717) is 37.0 Å². The van der Waals surface area contributed by atoms with Gasteiger partial charge in [0.05, 0.1) is 6.04 Å². The number of aromatic hydroxyl groups is 1. The Hall–Kier alpha value is -4.38. The molecule has 6 unspecified atom stereocenters. The van der Waals surface area contributed by atoms with E-state index in [4.69, 9.17) is 4.74 Å². The highest BCUT2D eigenvalue weighted by Crippen LogP contribution is 2.30. The van der Waals surface area contributed by atoms with Crippen molar-refractivity contribution < 1.29 is 29.0 Å². The minimum Gasteiger partial charge on any atom is -0.507 e. The van der Waals surface area contributed by atoms with Crippen molar-refractivity contribution in [2.75, 3.05) is 20.6 Å². The summed E-state index contributed by atoms with van der Waals surface area (Å²) in [4.78, 5) is 58.9. The third-order valence-electron chi connectivity index (χ3n) is 8.98. The molecule has 254 valence electrons. The van der Waals surface area contributed by atoms with Gasteiger partial charge in [-0.25, -0.2) is 0 Å². The molecule has 2 aliphatic rings. The van der Waals surface area contributed by atoms with Gasteiger partial charge < -0.3 is 30.7 Å². The summed E-state index contributed by atoms with van der Waals surface area (Å²) in [6.07, 6.45) is 4.07. The third kappa shape index (κ3) is 8.91. The Labute approximate surface area is 277 Å². The fraction of sp³-hybridized carbons (Fsp3) is 0.500. The molecule has 2 bridgehead atoms. The molecular formula is C36H49N5O6. The van der Waals surface area contributed by atoms with Crippen LogP contribution in [0, 0.1) is 11.8 Å². The number of nitrogens with zero attached hydrogens (tertiary/aromatic N) is 2. The van der Waals surface area contributed by atoms with Crippen molar-refractivity contribution in [3.05, 3.63) is 65.9 Å². The number of hydrogen-bond acceptors (Lipinski definition) is 7. The number of ether oxygens (including phenoxy) is 1. The van der Waals surface area contributed by atoms with Gasteiger partial charge in [-0.15, -0.1) is 0 Å². The molecule has 1 saturated heterocycles. The average molecular weight is 648 g/mol. The maximum Gasteiger partial charge on any atom is 0.247 e. The summed E-state index contributed by atoms with van der Waals surface area (Å²) in [6, 6.07) is 11.1. The molecule has 4 N–H and O–H groups in total. The molecule has 2 aliphatic heterocycles. The number of likely N-dealkylation sites (tertiary alicyclic amines) is 1. The quantitative estimate of drug-likeness (QED) is 0.311. The molecular weight excluding hydrogens is 598 g/mol. The van der Waals surface area contributed by atoms with Crippen LogP contribution in [0.25, 0.3) is 6.08 Å². The molecule has 11 heteroatoms. The molecule has 0 radical (unpaired) electrons. The van der Waals surface area contributed by atoms with Gasteiger partial charge in [-0.1, -0.05) is 64.4 Å². The summed E-state index contributed by atoms with van der Waals surface area (Å²) >= 11 is 0. The fourth-order valence-corrected chi connectivity index (χ4v) is 6.11. The van der Waals surface area contributed by atoms with Gasteiger partial charge in [0.2, 0.25) is 23.6 Å². The lowest BCUT2D eigenvalue weighted by Crippen LogP contribution is -2.60. The number of carbonyl (C=O) groups excluding carboxylic acids is 4. The van der Waals surface area contributed by atoms with Gasteiger partial charge >= 0.3 is 0 Å². The Morgan fingerprint density at radius 1 is 1.09 bits per heavy atom. The Morgan fingerprint density at radius 2 is 1.81 bits per heavy atom. The van der Waals surface area contributed by atoms with Gasteiger partial charge in [0.25, 0.3) is 0 Å². The van der Waals surface area contributed by atoms with E-state index in [-0.39, 0.29) is 35.9 Å². The van der Waals surface area contributed by atoms with Gasteiger partial charge in [0.15, 0.2) is 0 Å². The summed E-state index contributed by atoms with van der Waals surface area (Å²) in [5, 5.41) is 19.1. The molecule has 11 nitrogen and oxygen atoms in total. The number of fused-ring (bicyclic) bond motifs is 3. The highest BCUT2D eigenvalue weighted by Gasteiger charge is 2.46.